The van der Waals surface area contributed by atoms with Crippen molar-refractivity contribution >= 4 is 45.2 Å². The fourth-order valence-corrected chi connectivity index (χ4v) is 3.43. The molecule has 0 aliphatic heterocycles. The molecule has 0 fully saturated rings. The van der Waals surface area contributed by atoms with E-state index in [9.17, 15) is 9.59 Å². The van der Waals surface area contributed by atoms with Crippen LogP contribution in [0.2, 0.25) is 0 Å². The Labute approximate surface area is 147 Å². The van der Waals surface area contributed by atoms with Gasteiger partial charge in [0.1, 0.15) is 0 Å². The van der Waals surface area contributed by atoms with Crippen LogP contribution >= 0.6 is 27.3 Å². The number of nitrogens with zero attached hydrogens (tertiary/aromatic N) is 1. The lowest BCUT2D eigenvalue weighted by Crippen LogP contribution is -2.23. The number of rotatable bonds is 5. The monoisotopic (exact) mass is 393 g/mol. The molecule has 0 spiro atoms. The molecule has 0 saturated heterocycles. The number of thiophene rings is 1. The van der Waals surface area contributed by atoms with Crippen molar-refractivity contribution in [1.29, 1.82) is 0 Å². The van der Waals surface area contributed by atoms with E-state index in [1.165, 1.54) is 13.2 Å². The molecule has 0 N–H and O–H groups in total. The Morgan fingerprint density at radius 1 is 1.22 bits per heavy atom. The molecule has 4 nitrogen and oxygen atoms in total. The molecule has 120 valence electrons. The van der Waals surface area contributed by atoms with Gasteiger partial charge in [-0.1, -0.05) is 12.1 Å². The van der Waals surface area contributed by atoms with Gasteiger partial charge in [0.2, 0.25) is 5.91 Å². The molecule has 0 atom stereocenters. The van der Waals surface area contributed by atoms with Crippen LogP contribution in [0.1, 0.15) is 20.8 Å². The zero-order valence-corrected chi connectivity index (χ0v) is 15.2. The highest BCUT2D eigenvalue weighted by Crippen LogP contribution is 2.23. The van der Waals surface area contributed by atoms with Crippen molar-refractivity contribution in [2.24, 2.45) is 0 Å². The van der Waals surface area contributed by atoms with Crippen molar-refractivity contribution in [3.8, 4) is 0 Å². The van der Waals surface area contributed by atoms with E-state index in [0.717, 1.165) is 14.2 Å². The van der Waals surface area contributed by atoms with E-state index in [-0.39, 0.29) is 11.9 Å². The second-order valence-corrected chi connectivity index (χ2v) is 7.39. The van der Waals surface area contributed by atoms with Crippen LogP contribution in [0.5, 0.6) is 0 Å². The maximum atomic E-state index is 12.1. The molecule has 0 aliphatic rings. The minimum atomic E-state index is -0.376. The van der Waals surface area contributed by atoms with Gasteiger partial charge in [0.25, 0.3) is 0 Å². The minimum Gasteiger partial charge on any atom is -0.465 e. The number of methoxy groups -OCH3 is 1. The summed E-state index contributed by atoms with van der Waals surface area (Å²) in [4.78, 5) is 26.2. The molecule has 23 heavy (non-hydrogen) atoms. The van der Waals surface area contributed by atoms with Gasteiger partial charge >= 0.3 is 5.97 Å². The molecule has 0 unspecified atom stereocenters. The number of amides is 1. The number of hydrogen-bond acceptors (Lipinski definition) is 4. The van der Waals surface area contributed by atoms with Crippen LogP contribution in [0.15, 0.2) is 46.3 Å². The van der Waals surface area contributed by atoms with E-state index in [1.807, 2.05) is 12.1 Å². The third kappa shape index (κ3) is 5.04. The summed E-state index contributed by atoms with van der Waals surface area (Å²) in [6.07, 6.45) is 3.25. The van der Waals surface area contributed by atoms with Gasteiger partial charge in [-0.05, 0) is 51.8 Å². The SMILES string of the molecule is COC(=O)c1ccc(/C=C/C(=O)N(C)Cc2ccc(Br)s2)cc1. The van der Waals surface area contributed by atoms with Gasteiger partial charge in [-0.15, -0.1) is 11.3 Å². The summed E-state index contributed by atoms with van der Waals surface area (Å²) in [7, 11) is 3.11. The van der Waals surface area contributed by atoms with Gasteiger partial charge in [0, 0.05) is 18.0 Å². The van der Waals surface area contributed by atoms with Gasteiger partial charge in [-0.3, -0.25) is 4.79 Å². The van der Waals surface area contributed by atoms with Crippen LogP contribution in [0.3, 0.4) is 0 Å². The summed E-state index contributed by atoms with van der Waals surface area (Å²) in [6.45, 7) is 0.570. The second kappa shape index (κ2) is 8.08. The zero-order valence-electron chi connectivity index (χ0n) is 12.8. The molecule has 1 aromatic carbocycles. The number of hydrogen-bond donors (Lipinski definition) is 0. The van der Waals surface area contributed by atoms with Crippen LogP contribution in [-0.2, 0) is 16.1 Å². The first-order valence-corrected chi connectivity index (χ1v) is 8.46. The molecule has 0 radical (unpaired) electrons. The lowest BCUT2D eigenvalue weighted by Gasteiger charge is -2.13. The Morgan fingerprint density at radius 3 is 2.48 bits per heavy atom. The van der Waals surface area contributed by atoms with Gasteiger partial charge in [0.05, 0.1) is 23.0 Å². The van der Waals surface area contributed by atoms with Crippen LogP contribution in [0, 0.1) is 0 Å². The minimum absolute atomic E-state index is 0.0773. The molecule has 2 aromatic rings. The fraction of sp³-hybridized carbons (Fsp3) is 0.176. The summed E-state index contributed by atoms with van der Waals surface area (Å²) < 4.78 is 5.69. The number of likely N-dealkylation sites (N-methyl/N-ethyl adjacent to an activating group) is 1. The maximum absolute atomic E-state index is 12.1. The molecule has 1 aromatic heterocycles. The van der Waals surface area contributed by atoms with Gasteiger partial charge in [0.15, 0.2) is 0 Å². The first-order chi connectivity index (χ1) is 11.0. The Morgan fingerprint density at radius 2 is 1.91 bits per heavy atom. The number of ether oxygens (including phenoxy) is 1. The van der Waals surface area contributed by atoms with Gasteiger partial charge in [-0.2, -0.15) is 0 Å². The fourth-order valence-electron chi connectivity index (χ4n) is 1.89. The highest BCUT2D eigenvalue weighted by Gasteiger charge is 2.08. The molecule has 1 heterocycles. The summed E-state index contributed by atoms with van der Waals surface area (Å²) >= 11 is 5.02. The van der Waals surface area contributed by atoms with Crippen LogP contribution in [0.4, 0.5) is 0 Å². The quantitative estimate of drug-likeness (QED) is 0.570. The van der Waals surface area contributed by atoms with Crippen molar-refractivity contribution in [3.05, 3.63) is 62.3 Å². The largest absolute Gasteiger partial charge is 0.465 e. The summed E-state index contributed by atoms with van der Waals surface area (Å²) in [5, 5.41) is 0. The molecular formula is C17H16BrNO3S. The number of halogens is 1. The predicted octanol–water partition coefficient (Wildman–Crippen LogP) is 3.97. The first-order valence-electron chi connectivity index (χ1n) is 6.85. The van der Waals surface area contributed by atoms with Crippen LogP contribution in [-0.4, -0.2) is 30.9 Å². The lowest BCUT2D eigenvalue weighted by molar-refractivity contribution is -0.125. The van der Waals surface area contributed by atoms with Crippen molar-refractivity contribution in [3.63, 3.8) is 0 Å². The second-order valence-electron chi connectivity index (χ2n) is 4.85. The average Bonchev–Trinajstić information content (AvgIpc) is 2.97. The van der Waals surface area contributed by atoms with Gasteiger partial charge < -0.3 is 9.64 Å². The predicted molar refractivity (Wildman–Crippen MR) is 95.3 cm³/mol. The van der Waals surface area contributed by atoms with E-state index in [0.29, 0.717) is 12.1 Å². The van der Waals surface area contributed by atoms with Crippen molar-refractivity contribution in [2.45, 2.75) is 6.54 Å². The summed E-state index contributed by atoms with van der Waals surface area (Å²) in [6, 6.07) is 10.8. The lowest BCUT2D eigenvalue weighted by atomic mass is 10.1. The third-order valence-electron chi connectivity index (χ3n) is 3.15. The standard InChI is InChI=1S/C17H16BrNO3S/c1-19(11-14-8-9-15(18)23-14)16(20)10-5-12-3-6-13(7-4-12)17(21)22-2/h3-10H,11H2,1-2H3/b10-5+. The van der Waals surface area contributed by atoms with E-state index >= 15 is 0 Å². The first kappa shape index (κ1) is 17.4. The molecule has 1 amide bonds. The Hall–Kier alpha value is -1.92. The maximum Gasteiger partial charge on any atom is 0.337 e. The third-order valence-corrected chi connectivity index (χ3v) is 4.76. The smallest absolute Gasteiger partial charge is 0.337 e. The highest BCUT2D eigenvalue weighted by atomic mass is 79.9. The molecule has 0 bridgehead atoms. The van der Waals surface area contributed by atoms with Crippen molar-refractivity contribution in [1.82, 2.24) is 4.90 Å². The molecule has 0 aliphatic carbocycles. The van der Waals surface area contributed by atoms with Crippen LogP contribution in [0.25, 0.3) is 6.08 Å². The zero-order chi connectivity index (χ0) is 16.8. The van der Waals surface area contributed by atoms with Crippen molar-refractivity contribution in [2.75, 3.05) is 14.2 Å². The Bertz CT molecular complexity index is 722. The Balaban J connectivity index is 1.95. The van der Waals surface area contributed by atoms with E-state index < -0.39 is 0 Å². The number of esters is 1. The van der Waals surface area contributed by atoms with E-state index in [4.69, 9.17) is 0 Å². The molecular weight excluding hydrogens is 378 g/mol. The number of carbonyl (C=O) groups is 2. The van der Waals surface area contributed by atoms with E-state index in [1.54, 1.807) is 53.6 Å². The van der Waals surface area contributed by atoms with Crippen LogP contribution < -0.4 is 0 Å². The normalized spacial score (nSPS) is 10.7. The Kier molecular flexibility index (Phi) is 6.12. The topological polar surface area (TPSA) is 46.6 Å². The highest BCUT2D eigenvalue weighted by molar-refractivity contribution is 9.11. The molecule has 2 rings (SSSR count). The molecule has 6 heteroatoms. The number of carbonyl (C=O) groups excluding carboxylic acids is 2. The average molecular weight is 394 g/mol. The van der Waals surface area contributed by atoms with Crippen molar-refractivity contribution < 1.29 is 14.3 Å². The van der Waals surface area contributed by atoms with E-state index in [2.05, 4.69) is 20.7 Å². The molecule has 0 saturated carbocycles. The van der Waals surface area contributed by atoms with Gasteiger partial charge in [-0.25, -0.2) is 4.79 Å². The summed E-state index contributed by atoms with van der Waals surface area (Å²) in [5.74, 6) is -0.454. The summed E-state index contributed by atoms with van der Waals surface area (Å²) in [5.41, 5.74) is 1.33. The number of benzene rings is 1.